The predicted molar refractivity (Wildman–Crippen MR) is 82.9 cm³/mol. The van der Waals surface area contributed by atoms with E-state index in [0.717, 1.165) is 27.8 Å². The lowest BCUT2D eigenvalue weighted by Crippen LogP contribution is -2.36. The van der Waals surface area contributed by atoms with Crippen LogP contribution in [0.2, 0.25) is 0 Å². The standard InChI is InChI=1S/C15H16N2O3S/c1-9(2)13-14(19)17(15(20)21-13)8-12(18)16-11-7-5-4-6-10(11)3/h4-7H,8H2,1-3H3,(H,16,18). The third kappa shape index (κ3) is 3.33. The van der Waals surface area contributed by atoms with Gasteiger partial charge in [-0.3, -0.25) is 19.3 Å². The van der Waals surface area contributed by atoms with Crippen molar-refractivity contribution in [3.8, 4) is 0 Å². The maximum atomic E-state index is 12.1. The molecule has 0 aromatic heterocycles. The van der Waals surface area contributed by atoms with E-state index in [0.29, 0.717) is 10.6 Å². The average molecular weight is 304 g/mol. The fourth-order valence-corrected chi connectivity index (χ4v) is 2.72. The summed E-state index contributed by atoms with van der Waals surface area (Å²) in [5, 5.41) is 2.31. The van der Waals surface area contributed by atoms with Gasteiger partial charge in [-0.1, -0.05) is 23.8 Å². The Hall–Kier alpha value is -2.08. The van der Waals surface area contributed by atoms with Gasteiger partial charge in [-0.15, -0.1) is 0 Å². The largest absolute Gasteiger partial charge is 0.324 e. The van der Waals surface area contributed by atoms with Crippen LogP contribution in [0.5, 0.6) is 0 Å². The minimum Gasteiger partial charge on any atom is -0.324 e. The van der Waals surface area contributed by atoms with Gasteiger partial charge in [-0.2, -0.15) is 0 Å². The van der Waals surface area contributed by atoms with E-state index in [1.54, 1.807) is 19.9 Å². The summed E-state index contributed by atoms with van der Waals surface area (Å²) in [4.78, 5) is 37.3. The molecule has 1 heterocycles. The van der Waals surface area contributed by atoms with E-state index in [1.165, 1.54) is 0 Å². The molecule has 1 aromatic carbocycles. The highest BCUT2D eigenvalue weighted by Crippen LogP contribution is 2.32. The SMILES string of the molecule is CC(C)=C1SC(=O)N(CC(=O)Nc2ccccc2C)C1=O. The van der Waals surface area contributed by atoms with Gasteiger partial charge >= 0.3 is 0 Å². The van der Waals surface area contributed by atoms with E-state index in [-0.39, 0.29) is 12.5 Å². The van der Waals surface area contributed by atoms with Gasteiger partial charge in [0.05, 0.1) is 4.91 Å². The Bertz CT molecular complexity index is 648. The van der Waals surface area contributed by atoms with Crippen LogP contribution >= 0.6 is 11.8 Å². The number of para-hydroxylation sites is 1. The molecule has 1 aliphatic heterocycles. The topological polar surface area (TPSA) is 66.5 Å². The molecule has 0 spiro atoms. The van der Waals surface area contributed by atoms with E-state index < -0.39 is 11.1 Å². The van der Waals surface area contributed by atoms with Crippen LogP contribution in [0.3, 0.4) is 0 Å². The second kappa shape index (κ2) is 6.13. The summed E-state index contributed by atoms with van der Waals surface area (Å²) < 4.78 is 0. The molecule has 0 aliphatic carbocycles. The second-order valence-corrected chi connectivity index (χ2v) is 5.91. The number of anilines is 1. The van der Waals surface area contributed by atoms with Crippen LogP contribution in [0, 0.1) is 6.92 Å². The van der Waals surface area contributed by atoms with E-state index in [1.807, 2.05) is 25.1 Å². The molecule has 0 radical (unpaired) electrons. The van der Waals surface area contributed by atoms with Crippen LogP contribution in [-0.2, 0) is 9.59 Å². The Kier molecular flexibility index (Phi) is 4.47. The number of hydrogen-bond acceptors (Lipinski definition) is 4. The Morgan fingerprint density at radius 3 is 2.48 bits per heavy atom. The number of thioether (sulfide) groups is 1. The van der Waals surface area contributed by atoms with Crippen molar-refractivity contribution in [1.29, 1.82) is 0 Å². The molecule has 1 aromatic rings. The van der Waals surface area contributed by atoms with Gasteiger partial charge in [0.15, 0.2) is 0 Å². The van der Waals surface area contributed by atoms with E-state index in [9.17, 15) is 14.4 Å². The summed E-state index contributed by atoms with van der Waals surface area (Å²) in [7, 11) is 0. The van der Waals surface area contributed by atoms with Crippen molar-refractivity contribution in [3.05, 3.63) is 40.3 Å². The Balaban J connectivity index is 2.07. The number of nitrogens with one attached hydrogen (secondary N) is 1. The van der Waals surface area contributed by atoms with Crippen molar-refractivity contribution in [2.75, 3.05) is 11.9 Å². The molecule has 1 fully saturated rings. The molecular formula is C15H16N2O3S. The zero-order valence-electron chi connectivity index (χ0n) is 12.1. The predicted octanol–water partition coefficient (Wildman–Crippen LogP) is 2.92. The highest BCUT2D eigenvalue weighted by Gasteiger charge is 2.36. The molecule has 1 aliphatic rings. The Morgan fingerprint density at radius 1 is 1.24 bits per heavy atom. The third-order valence-corrected chi connectivity index (χ3v) is 4.21. The number of amides is 3. The normalized spacial score (nSPS) is 14.6. The minimum atomic E-state index is -0.406. The zero-order valence-corrected chi connectivity index (χ0v) is 12.9. The van der Waals surface area contributed by atoms with Gasteiger partial charge in [-0.05, 0) is 44.2 Å². The monoisotopic (exact) mass is 304 g/mol. The third-order valence-electron chi connectivity index (χ3n) is 3.02. The summed E-state index contributed by atoms with van der Waals surface area (Å²) in [6.45, 7) is 5.14. The molecule has 3 amide bonds. The lowest BCUT2D eigenvalue weighted by molar-refractivity contribution is -0.127. The number of aryl methyl sites for hydroxylation is 1. The van der Waals surface area contributed by atoms with Crippen LogP contribution in [0.1, 0.15) is 19.4 Å². The molecule has 5 nitrogen and oxygen atoms in total. The van der Waals surface area contributed by atoms with Gasteiger partial charge in [0.1, 0.15) is 6.54 Å². The molecule has 0 atom stereocenters. The number of carbonyl (C=O) groups excluding carboxylic acids is 3. The van der Waals surface area contributed by atoms with Gasteiger partial charge in [0, 0.05) is 5.69 Å². The molecule has 0 saturated carbocycles. The minimum absolute atomic E-state index is 0.268. The van der Waals surface area contributed by atoms with Crippen molar-refractivity contribution >= 4 is 34.5 Å². The van der Waals surface area contributed by atoms with Crippen molar-refractivity contribution in [1.82, 2.24) is 4.90 Å². The molecule has 0 unspecified atom stereocenters. The number of allylic oxidation sites excluding steroid dienone is 1. The summed E-state index contributed by atoms with van der Waals surface area (Å²) >= 11 is 0.878. The van der Waals surface area contributed by atoms with Gasteiger partial charge < -0.3 is 5.32 Å². The fourth-order valence-electron chi connectivity index (χ4n) is 1.89. The average Bonchev–Trinajstić information content (AvgIpc) is 2.69. The number of imide groups is 1. The van der Waals surface area contributed by atoms with Crippen molar-refractivity contribution in [3.63, 3.8) is 0 Å². The molecule has 6 heteroatoms. The lowest BCUT2D eigenvalue weighted by Gasteiger charge is -2.13. The molecule has 0 bridgehead atoms. The Morgan fingerprint density at radius 2 is 1.90 bits per heavy atom. The van der Waals surface area contributed by atoms with Crippen LogP contribution in [0.4, 0.5) is 10.5 Å². The van der Waals surface area contributed by atoms with Gasteiger partial charge in [-0.25, -0.2) is 0 Å². The molecular weight excluding hydrogens is 288 g/mol. The maximum Gasteiger partial charge on any atom is 0.294 e. The van der Waals surface area contributed by atoms with Gasteiger partial charge in [0.2, 0.25) is 5.91 Å². The summed E-state index contributed by atoms with van der Waals surface area (Å²) in [6, 6.07) is 7.33. The van der Waals surface area contributed by atoms with Crippen molar-refractivity contribution in [2.24, 2.45) is 0 Å². The second-order valence-electron chi connectivity index (χ2n) is 4.95. The lowest BCUT2D eigenvalue weighted by atomic mass is 10.2. The highest BCUT2D eigenvalue weighted by atomic mass is 32.2. The first-order valence-electron chi connectivity index (χ1n) is 6.46. The first-order chi connectivity index (χ1) is 9.90. The number of hydrogen-bond donors (Lipinski definition) is 1. The first-order valence-corrected chi connectivity index (χ1v) is 7.28. The van der Waals surface area contributed by atoms with Gasteiger partial charge in [0.25, 0.3) is 11.1 Å². The van der Waals surface area contributed by atoms with Crippen molar-refractivity contribution < 1.29 is 14.4 Å². The fraction of sp³-hybridized carbons (Fsp3) is 0.267. The molecule has 1 saturated heterocycles. The van der Waals surface area contributed by atoms with E-state index in [2.05, 4.69) is 5.32 Å². The van der Waals surface area contributed by atoms with Crippen LogP contribution in [0.25, 0.3) is 0 Å². The maximum absolute atomic E-state index is 12.1. The van der Waals surface area contributed by atoms with Crippen LogP contribution in [-0.4, -0.2) is 28.5 Å². The Labute approximate surface area is 127 Å². The van der Waals surface area contributed by atoms with Crippen LogP contribution < -0.4 is 5.32 Å². The van der Waals surface area contributed by atoms with Crippen molar-refractivity contribution in [2.45, 2.75) is 20.8 Å². The summed E-state index contributed by atoms with van der Waals surface area (Å²) in [5.74, 6) is -0.786. The molecule has 1 N–H and O–H groups in total. The highest BCUT2D eigenvalue weighted by molar-refractivity contribution is 8.18. The molecule has 21 heavy (non-hydrogen) atoms. The first kappa shape index (κ1) is 15.3. The zero-order chi connectivity index (χ0) is 15.6. The number of rotatable bonds is 3. The smallest absolute Gasteiger partial charge is 0.294 e. The van der Waals surface area contributed by atoms with E-state index in [4.69, 9.17) is 0 Å². The molecule has 2 rings (SSSR count). The quantitative estimate of drug-likeness (QED) is 0.872. The number of nitrogens with zero attached hydrogens (tertiary/aromatic N) is 1. The van der Waals surface area contributed by atoms with E-state index >= 15 is 0 Å². The number of benzene rings is 1. The summed E-state index contributed by atoms with van der Waals surface area (Å²) in [5.41, 5.74) is 2.38. The molecule has 110 valence electrons. The van der Waals surface area contributed by atoms with Crippen LogP contribution in [0.15, 0.2) is 34.7 Å². The number of carbonyl (C=O) groups is 3. The summed E-state index contributed by atoms with van der Waals surface area (Å²) in [6.07, 6.45) is 0.